The zero-order valence-electron chi connectivity index (χ0n) is 9.19. The van der Waals surface area contributed by atoms with E-state index in [0.717, 1.165) is 19.5 Å². The molecule has 0 saturated heterocycles. The third-order valence-corrected chi connectivity index (χ3v) is 4.12. The first-order valence-corrected chi connectivity index (χ1v) is 7.59. The summed E-state index contributed by atoms with van der Waals surface area (Å²) in [5, 5.41) is 4.79. The minimum Gasteiger partial charge on any atom is -0.321 e. The van der Waals surface area contributed by atoms with Crippen molar-refractivity contribution in [1.82, 2.24) is 0 Å². The fourth-order valence-electron chi connectivity index (χ4n) is 1.31. The van der Waals surface area contributed by atoms with Gasteiger partial charge in [-0.3, -0.25) is 4.79 Å². The van der Waals surface area contributed by atoms with Gasteiger partial charge in [-0.1, -0.05) is 22.0 Å². The van der Waals surface area contributed by atoms with E-state index in [-0.39, 0.29) is 5.91 Å². The molecule has 1 aromatic heterocycles. The second-order valence-electron chi connectivity index (χ2n) is 3.46. The molecule has 0 fully saturated rings. The molecule has 1 aromatic carbocycles. The number of thiophene rings is 1. The van der Waals surface area contributed by atoms with E-state index in [1.165, 1.54) is 6.08 Å². The van der Waals surface area contributed by atoms with E-state index in [4.69, 9.17) is 0 Å². The molecule has 2 nitrogen and oxygen atoms in total. The number of benzene rings is 1. The van der Waals surface area contributed by atoms with Gasteiger partial charge >= 0.3 is 0 Å². The SMILES string of the molecule is O=C(/C=C/c1cccs1)Nc1ccc(Br)cc1Br. The largest absolute Gasteiger partial charge is 0.321 e. The van der Waals surface area contributed by atoms with Crippen LogP contribution >= 0.6 is 43.2 Å². The molecule has 2 aromatic rings. The Labute approximate surface area is 126 Å². The second kappa shape index (κ2) is 6.31. The van der Waals surface area contributed by atoms with E-state index in [2.05, 4.69) is 37.2 Å². The van der Waals surface area contributed by atoms with Crippen LogP contribution in [0.3, 0.4) is 0 Å². The van der Waals surface area contributed by atoms with Crippen LogP contribution in [0, 0.1) is 0 Å². The number of amides is 1. The minimum absolute atomic E-state index is 0.147. The van der Waals surface area contributed by atoms with Crippen LogP contribution in [0.2, 0.25) is 0 Å². The number of carbonyl (C=O) groups is 1. The number of carbonyl (C=O) groups excluding carboxylic acids is 1. The zero-order chi connectivity index (χ0) is 13.0. The van der Waals surface area contributed by atoms with Gasteiger partial charge in [-0.15, -0.1) is 11.3 Å². The van der Waals surface area contributed by atoms with Crippen LogP contribution in [0.15, 0.2) is 50.7 Å². The number of anilines is 1. The Balaban J connectivity index is 2.03. The van der Waals surface area contributed by atoms with E-state index in [1.54, 1.807) is 17.4 Å². The lowest BCUT2D eigenvalue weighted by Gasteiger charge is -2.05. The van der Waals surface area contributed by atoms with Crippen molar-refractivity contribution in [3.63, 3.8) is 0 Å². The lowest BCUT2D eigenvalue weighted by molar-refractivity contribution is -0.111. The van der Waals surface area contributed by atoms with E-state index in [1.807, 2.05) is 35.7 Å². The van der Waals surface area contributed by atoms with Crippen LogP contribution in [0.5, 0.6) is 0 Å². The molecule has 1 amide bonds. The van der Waals surface area contributed by atoms with Gasteiger partial charge in [0.15, 0.2) is 0 Å². The van der Waals surface area contributed by atoms with E-state index in [9.17, 15) is 4.79 Å². The topological polar surface area (TPSA) is 29.1 Å². The van der Waals surface area contributed by atoms with Gasteiger partial charge in [-0.25, -0.2) is 0 Å². The summed E-state index contributed by atoms with van der Waals surface area (Å²) in [6.07, 6.45) is 3.33. The number of hydrogen-bond donors (Lipinski definition) is 1. The van der Waals surface area contributed by atoms with Crippen molar-refractivity contribution in [2.75, 3.05) is 5.32 Å². The van der Waals surface area contributed by atoms with Gasteiger partial charge in [0.05, 0.1) is 5.69 Å². The molecule has 0 aliphatic rings. The molecule has 18 heavy (non-hydrogen) atoms. The van der Waals surface area contributed by atoms with E-state index < -0.39 is 0 Å². The summed E-state index contributed by atoms with van der Waals surface area (Å²) >= 11 is 8.36. The Morgan fingerprint density at radius 1 is 1.28 bits per heavy atom. The van der Waals surface area contributed by atoms with Crippen molar-refractivity contribution in [3.8, 4) is 0 Å². The maximum absolute atomic E-state index is 11.7. The highest BCUT2D eigenvalue weighted by Crippen LogP contribution is 2.26. The molecule has 0 aliphatic heterocycles. The third-order valence-electron chi connectivity index (χ3n) is 2.13. The molecule has 0 spiro atoms. The summed E-state index contributed by atoms with van der Waals surface area (Å²) in [6.45, 7) is 0. The van der Waals surface area contributed by atoms with Crippen LogP contribution in [0.25, 0.3) is 6.08 Å². The molecule has 1 heterocycles. The van der Waals surface area contributed by atoms with Gasteiger partial charge < -0.3 is 5.32 Å². The molecule has 5 heteroatoms. The van der Waals surface area contributed by atoms with Gasteiger partial charge in [0.1, 0.15) is 0 Å². The molecule has 0 atom stereocenters. The molecule has 0 aliphatic carbocycles. The van der Waals surface area contributed by atoms with Crippen molar-refractivity contribution in [1.29, 1.82) is 0 Å². The first-order valence-electron chi connectivity index (χ1n) is 5.13. The number of halogens is 2. The number of hydrogen-bond acceptors (Lipinski definition) is 2. The molecular formula is C13H9Br2NOS. The van der Waals surface area contributed by atoms with Gasteiger partial charge in [0.2, 0.25) is 5.91 Å². The molecule has 92 valence electrons. The summed E-state index contributed by atoms with van der Waals surface area (Å²) in [5.41, 5.74) is 0.749. The normalized spacial score (nSPS) is 10.8. The van der Waals surface area contributed by atoms with Crippen molar-refractivity contribution >= 4 is 60.9 Å². The fraction of sp³-hybridized carbons (Fsp3) is 0. The highest BCUT2D eigenvalue weighted by molar-refractivity contribution is 9.11. The first-order chi connectivity index (χ1) is 8.65. The maximum Gasteiger partial charge on any atom is 0.248 e. The molecule has 0 radical (unpaired) electrons. The first kappa shape index (κ1) is 13.5. The Kier molecular flexibility index (Phi) is 4.74. The van der Waals surface area contributed by atoms with Crippen LogP contribution in [0.1, 0.15) is 4.88 Å². The van der Waals surface area contributed by atoms with E-state index in [0.29, 0.717) is 0 Å². The Bertz CT molecular complexity index is 579. The quantitative estimate of drug-likeness (QED) is 0.744. The standard InChI is InChI=1S/C13H9Br2NOS/c14-9-3-5-12(11(15)8-9)16-13(17)6-4-10-2-1-7-18-10/h1-8H,(H,16,17)/b6-4+. The van der Waals surface area contributed by atoms with Crippen LogP contribution < -0.4 is 5.32 Å². The fourth-order valence-corrected chi connectivity index (χ4v) is 3.07. The van der Waals surface area contributed by atoms with Crippen molar-refractivity contribution in [2.45, 2.75) is 0 Å². The smallest absolute Gasteiger partial charge is 0.248 e. The summed E-state index contributed by atoms with van der Waals surface area (Å²) in [7, 11) is 0. The maximum atomic E-state index is 11.7. The molecular weight excluding hydrogens is 378 g/mol. The zero-order valence-corrected chi connectivity index (χ0v) is 13.2. The Morgan fingerprint density at radius 2 is 2.11 bits per heavy atom. The molecule has 1 N–H and O–H groups in total. The van der Waals surface area contributed by atoms with Gasteiger partial charge in [-0.05, 0) is 51.7 Å². The van der Waals surface area contributed by atoms with Crippen LogP contribution in [0.4, 0.5) is 5.69 Å². The van der Waals surface area contributed by atoms with Gasteiger partial charge in [0.25, 0.3) is 0 Å². The van der Waals surface area contributed by atoms with Crippen molar-refractivity contribution in [2.24, 2.45) is 0 Å². The van der Waals surface area contributed by atoms with Gasteiger partial charge in [0, 0.05) is 19.9 Å². The molecule has 0 unspecified atom stereocenters. The third kappa shape index (κ3) is 3.80. The minimum atomic E-state index is -0.147. The van der Waals surface area contributed by atoms with Crippen molar-refractivity contribution < 1.29 is 4.79 Å². The Morgan fingerprint density at radius 3 is 2.78 bits per heavy atom. The summed E-state index contributed by atoms with van der Waals surface area (Å²) in [6, 6.07) is 9.52. The van der Waals surface area contributed by atoms with E-state index >= 15 is 0 Å². The molecule has 0 bridgehead atoms. The van der Waals surface area contributed by atoms with Crippen LogP contribution in [-0.2, 0) is 4.79 Å². The second-order valence-corrected chi connectivity index (χ2v) is 6.21. The predicted molar refractivity (Wildman–Crippen MR) is 83.8 cm³/mol. The Hall–Kier alpha value is -0.910. The lowest BCUT2D eigenvalue weighted by atomic mass is 10.3. The highest BCUT2D eigenvalue weighted by Gasteiger charge is 2.03. The van der Waals surface area contributed by atoms with Crippen LogP contribution in [-0.4, -0.2) is 5.91 Å². The predicted octanol–water partition coefficient (Wildman–Crippen LogP) is 4.93. The lowest BCUT2D eigenvalue weighted by Crippen LogP contribution is -2.08. The average Bonchev–Trinajstić information content (AvgIpc) is 2.83. The average molecular weight is 387 g/mol. The monoisotopic (exact) mass is 385 g/mol. The van der Waals surface area contributed by atoms with Gasteiger partial charge in [-0.2, -0.15) is 0 Å². The molecule has 0 saturated carbocycles. The number of nitrogens with one attached hydrogen (secondary N) is 1. The summed E-state index contributed by atoms with van der Waals surface area (Å²) < 4.78 is 1.80. The molecule has 2 rings (SSSR count). The van der Waals surface area contributed by atoms with Crippen molar-refractivity contribution in [3.05, 3.63) is 55.6 Å². The summed E-state index contributed by atoms with van der Waals surface area (Å²) in [5.74, 6) is -0.147. The summed E-state index contributed by atoms with van der Waals surface area (Å²) in [4.78, 5) is 12.8. The number of rotatable bonds is 3. The highest BCUT2D eigenvalue weighted by atomic mass is 79.9.